The second-order valence-corrected chi connectivity index (χ2v) is 5.65. The summed E-state index contributed by atoms with van der Waals surface area (Å²) in [6, 6.07) is 6.96. The zero-order valence-electron chi connectivity index (χ0n) is 12.4. The molecule has 2 rings (SSSR count). The van der Waals surface area contributed by atoms with E-state index >= 15 is 0 Å². The molecule has 1 aromatic rings. The molecular weight excluding hydrogens is 255 g/mol. The maximum absolute atomic E-state index is 12.9. The molecule has 3 atom stereocenters. The van der Waals surface area contributed by atoms with Crippen molar-refractivity contribution in [3.63, 3.8) is 0 Å². The van der Waals surface area contributed by atoms with Crippen molar-refractivity contribution in [2.75, 3.05) is 19.7 Å². The highest BCUT2D eigenvalue weighted by Crippen LogP contribution is 2.19. The van der Waals surface area contributed by atoms with E-state index in [9.17, 15) is 4.39 Å². The Morgan fingerprint density at radius 1 is 1.40 bits per heavy atom. The minimum absolute atomic E-state index is 0.0359. The van der Waals surface area contributed by atoms with Gasteiger partial charge >= 0.3 is 0 Å². The van der Waals surface area contributed by atoms with E-state index in [2.05, 4.69) is 18.7 Å². The Hall–Kier alpha value is -0.970. The quantitative estimate of drug-likeness (QED) is 0.901. The molecule has 20 heavy (non-hydrogen) atoms. The molecule has 0 aliphatic carbocycles. The predicted molar refractivity (Wildman–Crippen MR) is 79.0 cm³/mol. The summed E-state index contributed by atoms with van der Waals surface area (Å²) in [6.45, 7) is 7.04. The Kier molecular flexibility index (Phi) is 5.52. The monoisotopic (exact) mass is 280 g/mol. The lowest BCUT2D eigenvalue weighted by Crippen LogP contribution is -2.49. The second-order valence-electron chi connectivity index (χ2n) is 5.65. The van der Waals surface area contributed by atoms with Gasteiger partial charge in [0.15, 0.2) is 0 Å². The Bertz CT molecular complexity index is 409. The summed E-state index contributed by atoms with van der Waals surface area (Å²) < 4.78 is 18.6. The molecule has 0 radical (unpaired) electrons. The van der Waals surface area contributed by atoms with Gasteiger partial charge in [-0.3, -0.25) is 4.90 Å². The Morgan fingerprint density at radius 2 is 2.10 bits per heavy atom. The minimum atomic E-state index is -0.214. The Labute approximate surface area is 120 Å². The number of benzene rings is 1. The van der Waals surface area contributed by atoms with Gasteiger partial charge in [0.2, 0.25) is 0 Å². The lowest BCUT2D eigenvalue weighted by Gasteiger charge is -2.38. The van der Waals surface area contributed by atoms with E-state index < -0.39 is 0 Å². The zero-order valence-corrected chi connectivity index (χ0v) is 12.4. The molecule has 0 bridgehead atoms. The lowest BCUT2D eigenvalue weighted by atomic mass is 10.0. The molecule has 0 aromatic heterocycles. The van der Waals surface area contributed by atoms with Crippen molar-refractivity contribution in [1.82, 2.24) is 4.90 Å². The summed E-state index contributed by atoms with van der Waals surface area (Å²) in [6.07, 6.45) is 2.27. The van der Waals surface area contributed by atoms with E-state index in [1.165, 1.54) is 12.1 Å². The van der Waals surface area contributed by atoms with Crippen molar-refractivity contribution in [3.05, 3.63) is 35.6 Å². The van der Waals surface area contributed by atoms with E-state index in [0.717, 1.165) is 38.1 Å². The van der Waals surface area contributed by atoms with Crippen molar-refractivity contribution >= 4 is 0 Å². The first kappa shape index (κ1) is 15.4. The molecule has 0 saturated carbocycles. The van der Waals surface area contributed by atoms with Gasteiger partial charge < -0.3 is 10.5 Å². The van der Waals surface area contributed by atoms with Crippen LogP contribution in [0.3, 0.4) is 0 Å². The molecular formula is C16H25FN2O. The van der Waals surface area contributed by atoms with Gasteiger partial charge in [0.1, 0.15) is 5.82 Å². The maximum Gasteiger partial charge on any atom is 0.123 e. The number of nitrogens with two attached hydrogens (primary N) is 1. The van der Waals surface area contributed by atoms with Gasteiger partial charge in [-0.25, -0.2) is 4.39 Å². The van der Waals surface area contributed by atoms with E-state index in [1.807, 2.05) is 0 Å². The third-order valence-corrected chi connectivity index (χ3v) is 4.08. The fourth-order valence-electron chi connectivity index (χ4n) is 2.74. The van der Waals surface area contributed by atoms with Crippen molar-refractivity contribution < 1.29 is 9.13 Å². The van der Waals surface area contributed by atoms with E-state index in [-0.39, 0.29) is 11.9 Å². The second kappa shape index (κ2) is 7.16. The first-order valence-electron chi connectivity index (χ1n) is 7.46. The number of nitrogens with zero attached hydrogens (tertiary/aromatic N) is 1. The summed E-state index contributed by atoms with van der Waals surface area (Å²) in [4.78, 5) is 2.47. The van der Waals surface area contributed by atoms with E-state index in [4.69, 9.17) is 10.5 Å². The van der Waals surface area contributed by atoms with Crippen LogP contribution in [-0.4, -0.2) is 36.7 Å². The number of hydrogen-bond acceptors (Lipinski definition) is 3. The van der Waals surface area contributed by atoms with Crippen LogP contribution in [0.2, 0.25) is 0 Å². The third kappa shape index (κ3) is 4.01. The highest BCUT2D eigenvalue weighted by molar-refractivity contribution is 5.19. The fraction of sp³-hybridized carbons (Fsp3) is 0.625. The molecule has 1 aliphatic rings. The lowest BCUT2D eigenvalue weighted by molar-refractivity contribution is -0.0564. The fourth-order valence-corrected chi connectivity index (χ4v) is 2.74. The molecule has 1 heterocycles. The number of hydrogen-bond donors (Lipinski definition) is 1. The smallest absolute Gasteiger partial charge is 0.123 e. The number of morpholine rings is 1. The van der Waals surface area contributed by atoms with Crippen molar-refractivity contribution in [2.24, 2.45) is 5.73 Å². The molecule has 2 N–H and O–H groups in total. The summed E-state index contributed by atoms with van der Waals surface area (Å²) in [5, 5.41) is 0. The molecule has 4 heteroatoms. The summed E-state index contributed by atoms with van der Waals surface area (Å²) >= 11 is 0. The summed E-state index contributed by atoms with van der Waals surface area (Å²) in [7, 11) is 0. The van der Waals surface area contributed by atoms with Crippen LogP contribution in [0.5, 0.6) is 0 Å². The summed E-state index contributed by atoms with van der Waals surface area (Å²) in [5.74, 6) is -0.214. The van der Waals surface area contributed by atoms with Gasteiger partial charge in [-0.15, -0.1) is 0 Å². The Morgan fingerprint density at radius 3 is 2.75 bits per heavy atom. The van der Waals surface area contributed by atoms with Gasteiger partial charge in [0.05, 0.1) is 12.7 Å². The van der Waals surface area contributed by atoms with Crippen LogP contribution in [0.4, 0.5) is 4.39 Å². The predicted octanol–water partition coefficient (Wildman–Crippen LogP) is 2.71. The van der Waals surface area contributed by atoms with Gasteiger partial charge in [-0.2, -0.15) is 0 Å². The molecule has 3 unspecified atom stereocenters. The number of halogens is 1. The van der Waals surface area contributed by atoms with Crippen molar-refractivity contribution in [2.45, 2.75) is 44.9 Å². The normalized spacial score (nSPS) is 25.6. The standard InChI is InChI=1S/C16H25FN2O/c1-3-15-11-20-12(2)10-19(15)9-8-16(18)13-4-6-14(17)7-5-13/h4-7,12,15-16H,3,8-11,18H2,1-2H3. The number of rotatable bonds is 5. The van der Waals surface area contributed by atoms with Crippen LogP contribution < -0.4 is 5.73 Å². The molecule has 1 fully saturated rings. The van der Waals surface area contributed by atoms with Crippen LogP contribution in [0, 0.1) is 5.82 Å². The first-order chi connectivity index (χ1) is 9.60. The van der Waals surface area contributed by atoms with Gasteiger partial charge in [-0.05, 0) is 37.5 Å². The Balaban J connectivity index is 1.88. The third-order valence-electron chi connectivity index (χ3n) is 4.08. The minimum Gasteiger partial charge on any atom is -0.376 e. The van der Waals surface area contributed by atoms with Crippen LogP contribution >= 0.6 is 0 Å². The van der Waals surface area contributed by atoms with E-state index in [1.54, 1.807) is 12.1 Å². The highest BCUT2D eigenvalue weighted by Gasteiger charge is 2.25. The van der Waals surface area contributed by atoms with Crippen LogP contribution in [0.15, 0.2) is 24.3 Å². The topological polar surface area (TPSA) is 38.5 Å². The van der Waals surface area contributed by atoms with Gasteiger partial charge in [0, 0.05) is 25.2 Å². The molecule has 1 aliphatic heterocycles. The first-order valence-corrected chi connectivity index (χ1v) is 7.46. The molecule has 0 amide bonds. The largest absolute Gasteiger partial charge is 0.376 e. The van der Waals surface area contributed by atoms with Crippen molar-refractivity contribution in [1.29, 1.82) is 0 Å². The van der Waals surface area contributed by atoms with E-state index in [0.29, 0.717) is 12.1 Å². The van der Waals surface area contributed by atoms with Gasteiger partial charge in [-0.1, -0.05) is 19.1 Å². The van der Waals surface area contributed by atoms with Crippen LogP contribution in [0.25, 0.3) is 0 Å². The van der Waals surface area contributed by atoms with Crippen LogP contribution in [0.1, 0.15) is 38.3 Å². The zero-order chi connectivity index (χ0) is 14.5. The SMILES string of the molecule is CCC1COC(C)CN1CCC(N)c1ccc(F)cc1. The highest BCUT2D eigenvalue weighted by atomic mass is 19.1. The maximum atomic E-state index is 12.9. The molecule has 0 spiro atoms. The molecule has 112 valence electrons. The molecule has 1 aromatic carbocycles. The average molecular weight is 280 g/mol. The molecule has 1 saturated heterocycles. The van der Waals surface area contributed by atoms with Gasteiger partial charge in [0.25, 0.3) is 0 Å². The van der Waals surface area contributed by atoms with Crippen LogP contribution in [-0.2, 0) is 4.74 Å². The molecule has 3 nitrogen and oxygen atoms in total. The average Bonchev–Trinajstić information content (AvgIpc) is 2.45. The van der Waals surface area contributed by atoms with Crippen molar-refractivity contribution in [3.8, 4) is 0 Å². The summed E-state index contributed by atoms with van der Waals surface area (Å²) in [5.41, 5.74) is 7.20. The number of ether oxygens (including phenoxy) is 1.